The number of nitrogens with one attached hydrogen (secondary N) is 2. The van der Waals surface area contributed by atoms with Crippen LogP contribution in [0.2, 0.25) is 5.02 Å². The van der Waals surface area contributed by atoms with Gasteiger partial charge in [0.25, 0.3) is 0 Å². The predicted octanol–water partition coefficient (Wildman–Crippen LogP) is 2.41. The second-order valence-electron chi connectivity index (χ2n) is 2.16. The van der Waals surface area contributed by atoms with Crippen LogP contribution in [0.15, 0.2) is 22.7 Å². The van der Waals surface area contributed by atoms with Crippen LogP contribution in [0.3, 0.4) is 0 Å². The summed E-state index contributed by atoms with van der Waals surface area (Å²) in [4.78, 5) is 0. The molecule has 1 aromatic rings. The molecule has 12 heavy (non-hydrogen) atoms. The molecule has 0 aliphatic carbocycles. The SMILES string of the molecule is N=C(N)Nc1cc(Cl)ccc1Br. The highest BCUT2D eigenvalue weighted by Crippen LogP contribution is 2.25. The molecule has 0 saturated carbocycles. The van der Waals surface area contributed by atoms with Gasteiger partial charge in [-0.15, -0.1) is 0 Å². The van der Waals surface area contributed by atoms with Crippen molar-refractivity contribution in [3.05, 3.63) is 27.7 Å². The van der Waals surface area contributed by atoms with E-state index in [0.29, 0.717) is 10.7 Å². The zero-order valence-corrected chi connectivity index (χ0v) is 8.41. The van der Waals surface area contributed by atoms with Crippen molar-refractivity contribution >= 4 is 39.2 Å². The fraction of sp³-hybridized carbons (Fsp3) is 0. The number of rotatable bonds is 1. The molecule has 0 fully saturated rings. The van der Waals surface area contributed by atoms with E-state index in [1.54, 1.807) is 18.2 Å². The molecule has 64 valence electrons. The maximum absolute atomic E-state index is 7.00. The summed E-state index contributed by atoms with van der Waals surface area (Å²) in [6.07, 6.45) is 0. The highest BCUT2D eigenvalue weighted by Gasteiger charge is 2.00. The molecule has 0 aliphatic rings. The van der Waals surface area contributed by atoms with E-state index in [9.17, 15) is 0 Å². The number of hydrogen-bond donors (Lipinski definition) is 3. The van der Waals surface area contributed by atoms with Crippen LogP contribution >= 0.6 is 27.5 Å². The Bertz CT molecular complexity index is 314. The Kier molecular flexibility index (Phi) is 2.94. The third-order valence-electron chi connectivity index (χ3n) is 1.20. The fourth-order valence-corrected chi connectivity index (χ4v) is 1.26. The van der Waals surface area contributed by atoms with E-state index in [-0.39, 0.29) is 5.96 Å². The molecule has 0 saturated heterocycles. The predicted molar refractivity (Wildman–Crippen MR) is 54.7 cm³/mol. The maximum atomic E-state index is 7.00. The van der Waals surface area contributed by atoms with Gasteiger partial charge < -0.3 is 11.1 Å². The Labute approximate surface area is 83.5 Å². The normalized spacial score (nSPS) is 9.50. The summed E-state index contributed by atoms with van der Waals surface area (Å²) < 4.78 is 0.821. The Morgan fingerprint density at radius 3 is 2.83 bits per heavy atom. The smallest absolute Gasteiger partial charge is 0.190 e. The van der Waals surface area contributed by atoms with Crippen molar-refractivity contribution in [1.82, 2.24) is 0 Å². The van der Waals surface area contributed by atoms with E-state index in [1.165, 1.54) is 0 Å². The molecule has 4 N–H and O–H groups in total. The molecule has 0 unspecified atom stereocenters. The van der Waals surface area contributed by atoms with Gasteiger partial charge in [0.2, 0.25) is 0 Å². The van der Waals surface area contributed by atoms with Crippen LogP contribution in [0.1, 0.15) is 0 Å². The van der Waals surface area contributed by atoms with Gasteiger partial charge in [-0.3, -0.25) is 5.41 Å². The number of benzene rings is 1. The van der Waals surface area contributed by atoms with Gasteiger partial charge in [-0.05, 0) is 34.1 Å². The molecular formula is C7H7BrClN3. The van der Waals surface area contributed by atoms with Crippen LogP contribution in [0.5, 0.6) is 0 Å². The molecular weight excluding hydrogens is 241 g/mol. The topological polar surface area (TPSA) is 61.9 Å². The van der Waals surface area contributed by atoms with Crippen molar-refractivity contribution in [2.24, 2.45) is 5.73 Å². The molecule has 0 aromatic heterocycles. The van der Waals surface area contributed by atoms with Gasteiger partial charge in [0.15, 0.2) is 5.96 Å². The number of anilines is 1. The second kappa shape index (κ2) is 3.78. The summed E-state index contributed by atoms with van der Waals surface area (Å²) in [5.74, 6) is -0.113. The van der Waals surface area contributed by atoms with Gasteiger partial charge in [-0.1, -0.05) is 11.6 Å². The van der Waals surface area contributed by atoms with Crippen molar-refractivity contribution < 1.29 is 0 Å². The average Bonchev–Trinajstić information content (AvgIpc) is 1.96. The molecule has 0 radical (unpaired) electrons. The summed E-state index contributed by atoms with van der Waals surface area (Å²) in [5.41, 5.74) is 5.84. The Morgan fingerprint density at radius 1 is 1.58 bits per heavy atom. The molecule has 1 aromatic carbocycles. The fourth-order valence-electron chi connectivity index (χ4n) is 0.738. The third kappa shape index (κ3) is 2.39. The van der Waals surface area contributed by atoms with E-state index in [0.717, 1.165) is 4.47 Å². The van der Waals surface area contributed by atoms with Gasteiger partial charge in [0.05, 0.1) is 5.69 Å². The molecule has 0 heterocycles. The Hall–Kier alpha value is -0.740. The molecule has 0 bridgehead atoms. The van der Waals surface area contributed by atoms with Crippen molar-refractivity contribution in [3.63, 3.8) is 0 Å². The van der Waals surface area contributed by atoms with Crippen LogP contribution in [-0.4, -0.2) is 5.96 Å². The lowest BCUT2D eigenvalue weighted by Crippen LogP contribution is -2.20. The molecule has 0 spiro atoms. The van der Waals surface area contributed by atoms with E-state index in [2.05, 4.69) is 21.2 Å². The lowest BCUT2D eigenvalue weighted by Gasteiger charge is -2.05. The van der Waals surface area contributed by atoms with Crippen molar-refractivity contribution in [2.75, 3.05) is 5.32 Å². The zero-order valence-electron chi connectivity index (χ0n) is 6.07. The largest absolute Gasteiger partial charge is 0.370 e. The van der Waals surface area contributed by atoms with Gasteiger partial charge in [0, 0.05) is 9.50 Å². The van der Waals surface area contributed by atoms with Crippen LogP contribution in [0.4, 0.5) is 5.69 Å². The lowest BCUT2D eigenvalue weighted by atomic mass is 10.3. The van der Waals surface area contributed by atoms with Crippen molar-refractivity contribution in [3.8, 4) is 0 Å². The van der Waals surface area contributed by atoms with Crippen LogP contribution < -0.4 is 11.1 Å². The summed E-state index contributed by atoms with van der Waals surface area (Å²) in [5, 5.41) is 10.2. The van der Waals surface area contributed by atoms with E-state index in [4.69, 9.17) is 22.7 Å². The van der Waals surface area contributed by atoms with E-state index in [1.807, 2.05) is 0 Å². The minimum atomic E-state index is -0.113. The van der Waals surface area contributed by atoms with Gasteiger partial charge in [-0.2, -0.15) is 0 Å². The first-order valence-corrected chi connectivity index (χ1v) is 4.33. The van der Waals surface area contributed by atoms with Gasteiger partial charge in [-0.25, -0.2) is 0 Å². The molecule has 0 aliphatic heterocycles. The Balaban J connectivity index is 2.97. The summed E-state index contributed by atoms with van der Waals surface area (Å²) in [7, 11) is 0. The average molecular weight is 249 g/mol. The van der Waals surface area contributed by atoms with Gasteiger partial charge in [0.1, 0.15) is 0 Å². The van der Waals surface area contributed by atoms with Crippen LogP contribution in [0.25, 0.3) is 0 Å². The first-order valence-electron chi connectivity index (χ1n) is 3.15. The van der Waals surface area contributed by atoms with E-state index >= 15 is 0 Å². The number of hydrogen-bond acceptors (Lipinski definition) is 1. The minimum Gasteiger partial charge on any atom is -0.370 e. The number of halogens is 2. The number of nitrogens with two attached hydrogens (primary N) is 1. The van der Waals surface area contributed by atoms with Crippen molar-refractivity contribution in [1.29, 1.82) is 5.41 Å². The Morgan fingerprint density at radius 2 is 2.25 bits per heavy atom. The monoisotopic (exact) mass is 247 g/mol. The highest BCUT2D eigenvalue weighted by atomic mass is 79.9. The first-order chi connectivity index (χ1) is 5.59. The van der Waals surface area contributed by atoms with Crippen LogP contribution in [-0.2, 0) is 0 Å². The number of guanidine groups is 1. The lowest BCUT2D eigenvalue weighted by molar-refractivity contribution is 1.40. The molecule has 3 nitrogen and oxygen atoms in total. The molecule has 1 rings (SSSR count). The maximum Gasteiger partial charge on any atom is 0.190 e. The zero-order chi connectivity index (χ0) is 9.14. The summed E-state index contributed by atoms with van der Waals surface area (Å²) in [6, 6.07) is 5.22. The quantitative estimate of drug-likeness (QED) is 0.528. The molecule has 5 heteroatoms. The van der Waals surface area contributed by atoms with Crippen molar-refractivity contribution in [2.45, 2.75) is 0 Å². The minimum absolute atomic E-state index is 0.113. The molecule has 0 amide bonds. The molecule has 0 atom stereocenters. The van der Waals surface area contributed by atoms with E-state index < -0.39 is 0 Å². The second-order valence-corrected chi connectivity index (χ2v) is 3.45. The van der Waals surface area contributed by atoms with Crippen LogP contribution in [0, 0.1) is 5.41 Å². The standard InChI is InChI=1S/C7H7BrClN3/c8-5-2-1-4(9)3-6(5)12-7(10)11/h1-3H,(H4,10,11,12). The first kappa shape index (κ1) is 9.35. The van der Waals surface area contributed by atoms with Gasteiger partial charge >= 0.3 is 0 Å². The summed E-state index contributed by atoms with van der Waals surface area (Å²) >= 11 is 9.01. The third-order valence-corrected chi connectivity index (χ3v) is 2.12. The summed E-state index contributed by atoms with van der Waals surface area (Å²) in [6.45, 7) is 0. The highest BCUT2D eigenvalue weighted by molar-refractivity contribution is 9.10.